The molecule has 0 spiro atoms. The highest BCUT2D eigenvalue weighted by Crippen LogP contribution is 2.13. The molecule has 0 atom stereocenters. The molecule has 0 saturated heterocycles. The molecule has 0 aromatic rings. The van der Waals surface area contributed by atoms with Crippen LogP contribution in [-0.2, 0) is 14.6 Å². The zero-order valence-corrected chi connectivity index (χ0v) is 4.54. The lowest BCUT2D eigenvalue weighted by atomic mass is 10.3. The minimum absolute atomic E-state index is 1.99. The first-order valence-corrected chi connectivity index (χ1v) is 2.85. The third kappa shape index (κ3) is 7.69. The molecule has 0 aliphatic rings. The van der Waals surface area contributed by atoms with Crippen molar-refractivity contribution in [2.24, 2.45) is 0 Å². The Morgan fingerprint density at radius 3 is 1.56 bits per heavy atom. The van der Waals surface area contributed by atoms with Crippen LogP contribution in [0.25, 0.3) is 0 Å². The molecule has 0 fully saturated rings. The van der Waals surface area contributed by atoms with Gasteiger partial charge in [0.2, 0.25) is 0 Å². The molecule has 0 rings (SSSR count). The Kier molecular flexibility index (Phi) is 2.07. The number of hydrogen-bond acceptors (Lipinski definition) is 3. The molecule has 0 N–H and O–H groups in total. The molecule has 0 heterocycles. The van der Waals surface area contributed by atoms with Crippen LogP contribution in [0.2, 0.25) is 0 Å². The van der Waals surface area contributed by atoms with E-state index in [0.29, 0.717) is 0 Å². The van der Waals surface area contributed by atoms with Gasteiger partial charge in [-0.15, -0.1) is 0 Å². The average molecular weight is 167 g/mol. The molecule has 9 heteroatoms. The van der Waals surface area contributed by atoms with Crippen LogP contribution in [0.4, 0.5) is 16.8 Å². The van der Waals surface area contributed by atoms with Gasteiger partial charge in [0.25, 0.3) is 0 Å². The fraction of sp³-hybridized carbons (Fsp3) is 0. The lowest BCUT2D eigenvalue weighted by molar-refractivity contribution is 0.286. The van der Waals surface area contributed by atoms with Gasteiger partial charge >= 0.3 is 17.7 Å². The van der Waals surface area contributed by atoms with Crippen molar-refractivity contribution < 1.29 is 29.4 Å². The van der Waals surface area contributed by atoms with Crippen molar-refractivity contribution in [1.82, 2.24) is 0 Å². The van der Waals surface area contributed by atoms with E-state index in [1.165, 1.54) is 0 Å². The van der Waals surface area contributed by atoms with Crippen molar-refractivity contribution in [2.45, 2.75) is 0 Å². The summed E-state index contributed by atoms with van der Waals surface area (Å²) in [4.78, 5) is 0. The van der Waals surface area contributed by atoms with Crippen LogP contribution >= 0.6 is 0 Å². The molecular weight excluding hydrogens is 167 g/mol. The Morgan fingerprint density at radius 2 is 1.56 bits per heavy atom. The Hall–Kier alpha value is -0.305. The zero-order valence-electron chi connectivity index (χ0n) is 3.72. The second-order valence-electron chi connectivity index (χ2n) is 1.00. The molecule has 0 aliphatic carbocycles. The van der Waals surface area contributed by atoms with Gasteiger partial charge in [-0.05, 0) is 0 Å². The van der Waals surface area contributed by atoms with Gasteiger partial charge in [-0.2, -0.15) is 8.42 Å². The minimum Gasteiger partial charge on any atom is -0.421 e. The van der Waals surface area contributed by atoms with Crippen molar-refractivity contribution in [3.63, 3.8) is 0 Å². The van der Waals surface area contributed by atoms with E-state index < -0.39 is 17.7 Å². The summed E-state index contributed by atoms with van der Waals surface area (Å²) >= 11 is 0. The van der Waals surface area contributed by atoms with E-state index in [4.69, 9.17) is 8.42 Å². The van der Waals surface area contributed by atoms with Crippen LogP contribution in [0.15, 0.2) is 0 Å². The lowest BCUT2D eigenvalue weighted by Gasteiger charge is -2.09. The summed E-state index contributed by atoms with van der Waals surface area (Å²) in [6, 6.07) is 0. The molecular formula is BF4O3S-. The van der Waals surface area contributed by atoms with Crippen LogP contribution in [0.1, 0.15) is 0 Å². The molecule has 0 radical (unpaired) electrons. The van der Waals surface area contributed by atoms with Gasteiger partial charge in [-0.25, -0.2) is 0 Å². The maximum Gasteiger partial charge on any atom is 0.653 e. The van der Waals surface area contributed by atoms with Crippen molar-refractivity contribution >= 4 is 17.7 Å². The largest absolute Gasteiger partial charge is 0.653 e. The van der Waals surface area contributed by atoms with E-state index in [1.54, 1.807) is 0 Å². The van der Waals surface area contributed by atoms with E-state index in [1.807, 2.05) is 4.10 Å². The highest BCUT2D eigenvalue weighted by molar-refractivity contribution is 7.82. The number of hydrogen-bond donors (Lipinski definition) is 0. The summed E-state index contributed by atoms with van der Waals surface area (Å²) in [5.74, 6) is 0. The van der Waals surface area contributed by atoms with Crippen molar-refractivity contribution in [2.75, 3.05) is 0 Å². The molecule has 0 aromatic carbocycles. The second-order valence-corrected chi connectivity index (χ2v) is 1.98. The van der Waals surface area contributed by atoms with Gasteiger partial charge in [0.15, 0.2) is 0 Å². The predicted octanol–water partition coefficient (Wildman–Crippen LogP) is 0.561. The summed E-state index contributed by atoms with van der Waals surface area (Å²) < 4.78 is 63.3. The summed E-state index contributed by atoms with van der Waals surface area (Å²) in [5.41, 5.74) is 0. The van der Waals surface area contributed by atoms with Crippen LogP contribution < -0.4 is 0 Å². The third-order valence-electron chi connectivity index (χ3n) is 0.224. The summed E-state index contributed by atoms with van der Waals surface area (Å²) in [5, 5.41) is 0. The SMILES string of the molecule is O=S(=O)(F)O[B-](F)(F)F. The fourth-order valence-electron chi connectivity index (χ4n) is 0.130. The molecule has 9 heavy (non-hydrogen) atoms. The van der Waals surface area contributed by atoms with Crippen molar-refractivity contribution in [1.29, 1.82) is 0 Å². The number of halogens is 4. The van der Waals surface area contributed by atoms with Crippen molar-refractivity contribution in [3.05, 3.63) is 0 Å². The zero-order chi connectivity index (χ0) is 7.71. The first-order valence-electron chi connectivity index (χ1n) is 1.54. The third-order valence-corrected chi connectivity index (χ3v) is 0.672. The van der Waals surface area contributed by atoms with Gasteiger partial charge in [0.05, 0.1) is 0 Å². The Morgan fingerprint density at radius 1 is 1.22 bits per heavy atom. The smallest absolute Gasteiger partial charge is 0.421 e. The summed E-state index contributed by atoms with van der Waals surface area (Å²) in [6.45, 7) is 0. The van der Waals surface area contributed by atoms with Crippen molar-refractivity contribution in [3.8, 4) is 0 Å². The fourth-order valence-corrected chi connectivity index (χ4v) is 0.391. The Balaban J connectivity index is 4.07. The predicted molar refractivity (Wildman–Crippen MR) is 20.2 cm³/mol. The van der Waals surface area contributed by atoms with Crippen LogP contribution in [0, 0.1) is 0 Å². The van der Waals surface area contributed by atoms with Crippen LogP contribution in [0.5, 0.6) is 0 Å². The average Bonchev–Trinajstić information content (AvgIpc) is 1.14. The summed E-state index contributed by atoms with van der Waals surface area (Å²) in [7, 11) is -11.9. The molecule has 0 saturated carbocycles. The topological polar surface area (TPSA) is 43.4 Å². The monoisotopic (exact) mass is 167 g/mol. The highest BCUT2D eigenvalue weighted by atomic mass is 32.3. The number of rotatable bonds is 2. The first kappa shape index (κ1) is 8.69. The molecule has 0 amide bonds. The van der Waals surface area contributed by atoms with Crippen LogP contribution in [0.3, 0.4) is 0 Å². The van der Waals surface area contributed by atoms with Gasteiger partial charge in [-0.3, -0.25) is 0 Å². The molecule has 3 nitrogen and oxygen atoms in total. The standard InChI is InChI=1S/BF4O3S/c2-1(3,4)8-9(5,6)7/q-1. The Bertz CT molecular complexity index is 176. The molecule has 0 unspecified atom stereocenters. The maximum atomic E-state index is 10.9. The van der Waals surface area contributed by atoms with Gasteiger partial charge in [0, 0.05) is 0 Å². The molecule has 0 aliphatic heterocycles. The van der Waals surface area contributed by atoms with E-state index >= 15 is 0 Å². The lowest BCUT2D eigenvalue weighted by Crippen LogP contribution is -2.23. The quantitative estimate of drug-likeness (QED) is 0.342. The van der Waals surface area contributed by atoms with E-state index in [0.717, 1.165) is 0 Å². The molecule has 0 aromatic heterocycles. The van der Waals surface area contributed by atoms with E-state index in [2.05, 4.69) is 0 Å². The van der Waals surface area contributed by atoms with E-state index in [9.17, 15) is 16.8 Å². The van der Waals surface area contributed by atoms with Gasteiger partial charge in [-0.1, -0.05) is 3.89 Å². The second kappa shape index (κ2) is 2.14. The molecule has 56 valence electrons. The van der Waals surface area contributed by atoms with Crippen LogP contribution in [-0.4, -0.2) is 15.6 Å². The minimum atomic E-state index is -6.05. The van der Waals surface area contributed by atoms with Gasteiger partial charge < -0.3 is 17.0 Å². The maximum absolute atomic E-state index is 10.9. The molecule has 0 bridgehead atoms. The first-order chi connectivity index (χ1) is 3.71. The van der Waals surface area contributed by atoms with E-state index in [-0.39, 0.29) is 0 Å². The Labute approximate surface area is 48.1 Å². The van der Waals surface area contributed by atoms with Gasteiger partial charge in [0.1, 0.15) is 0 Å². The summed E-state index contributed by atoms with van der Waals surface area (Å²) in [6.07, 6.45) is 0. The normalized spacial score (nSPS) is 13.8. The highest BCUT2D eigenvalue weighted by Gasteiger charge is 2.32.